The molecule has 1 aromatic carbocycles. The fraction of sp³-hybridized carbons (Fsp3) is 0.486. The van der Waals surface area contributed by atoms with Gasteiger partial charge in [0.1, 0.15) is 94.2 Å². The van der Waals surface area contributed by atoms with Crippen LogP contribution in [-0.2, 0) is 0 Å². The molecule has 18 rings (SSSR count). The van der Waals surface area contributed by atoms with Crippen molar-refractivity contribution in [2.45, 2.75) is 258 Å². The smallest absolute Gasteiger partial charge is 0.147 e. The number of hydrogen-bond acceptors (Lipinski definition) is 37. The van der Waals surface area contributed by atoms with Crippen LogP contribution in [0.5, 0.6) is 0 Å². The topological polar surface area (TPSA) is 447 Å². The van der Waals surface area contributed by atoms with E-state index in [2.05, 4.69) is 197 Å². The maximum atomic E-state index is 6.23. The fourth-order valence-corrected chi connectivity index (χ4v) is 25.1. The summed E-state index contributed by atoms with van der Waals surface area (Å²) in [6, 6.07) is 14.8. The summed E-state index contributed by atoms with van der Waals surface area (Å²) >= 11 is 45.8. The van der Waals surface area contributed by atoms with E-state index < -0.39 is 0 Å². The van der Waals surface area contributed by atoms with Crippen LogP contribution < -0.4 is 75.3 Å². The van der Waals surface area contributed by atoms with E-state index >= 15 is 0 Å². The van der Waals surface area contributed by atoms with Gasteiger partial charge < -0.3 is 75.3 Å². The Labute approximate surface area is 940 Å². The quantitative estimate of drug-likeness (QED) is 0.0211. The number of benzene rings is 1. The van der Waals surface area contributed by atoms with Crippen LogP contribution >= 0.6 is 140 Å². The number of rotatable bonds is 28. The van der Waals surface area contributed by atoms with Crippen molar-refractivity contribution in [2.24, 2.45) is 55.8 Å². The van der Waals surface area contributed by atoms with Crippen molar-refractivity contribution in [3.8, 4) is 0 Å². The van der Waals surface area contributed by atoms with Crippen molar-refractivity contribution in [3.05, 3.63) is 184 Å². The van der Waals surface area contributed by atoms with E-state index in [9.17, 15) is 0 Å². The van der Waals surface area contributed by atoms with Crippen molar-refractivity contribution < 1.29 is 0 Å². The molecule has 16 N–H and O–H groups in total. The van der Waals surface area contributed by atoms with E-state index in [0.29, 0.717) is 92.5 Å². The number of hydrogen-bond donors (Lipinski definition) is 8. The maximum Gasteiger partial charge on any atom is 0.147 e. The van der Waals surface area contributed by atoms with E-state index in [1.165, 1.54) is 160 Å². The Bertz CT molecular complexity index is 6130. The molecule has 31 nitrogen and oxygen atoms in total. The van der Waals surface area contributed by atoms with Gasteiger partial charge in [-0.3, -0.25) is 0 Å². The molecule has 11 aromatic heterocycles. The SMILES string of the molecule is CC(C)CC1(CN)CCN(c2cnc(Sc3ccnc(N)c3Cl)cn2)CC1.CC1(C)CCN(c2cnc(Sc3ccnc(N)c3Cl)cn2)CC1.CC1(CN)CCN(c2cnc(Sc3ccnc(N)c3Cl)cn2)CC1.CCC1(C(C)C)CCN(c2cnc(Sc3ccnc(N)c3Cl)cn2)CC1.CCC1(C)CCN(c2cnc(Sc3cccc(N)c3Cl)cn2)CC1.CCCC1(CC)CCN(c2cnc(Sc3ccnc(N)c3Cl)cn2)CC1. The zero-order valence-corrected chi connectivity index (χ0v) is 97.3. The first kappa shape index (κ1) is 118. The number of piperidine rings is 6. The van der Waals surface area contributed by atoms with Crippen LogP contribution in [0.15, 0.2) is 213 Å². The van der Waals surface area contributed by atoms with Crippen LogP contribution in [-0.4, -0.2) is 176 Å². The molecule has 43 heteroatoms. The summed E-state index contributed by atoms with van der Waals surface area (Å²) < 4.78 is 0. The highest BCUT2D eigenvalue weighted by atomic mass is 35.5. The number of anilines is 12. The summed E-state index contributed by atoms with van der Waals surface area (Å²) in [5.41, 5.74) is 49.5. The van der Waals surface area contributed by atoms with Crippen LogP contribution in [0.1, 0.15) is 199 Å². The predicted octanol–water partition coefficient (Wildman–Crippen LogP) is 25.4. The van der Waals surface area contributed by atoms with E-state index in [4.69, 9.17) is 115 Å². The van der Waals surface area contributed by atoms with Crippen LogP contribution in [0.3, 0.4) is 0 Å². The summed E-state index contributed by atoms with van der Waals surface area (Å²) in [5, 5.41) is 7.61. The van der Waals surface area contributed by atoms with Gasteiger partial charge in [0.2, 0.25) is 0 Å². The summed E-state index contributed by atoms with van der Waals surface area (Å²) in [7, 11) is 0. The Morgan fingerprint density at radius 1 is 0.293 bits per heavy atom. The molecule has 0 saturated carbocycles. The molecule has 0 bridgehead atoms. The molecule has 6 aliphatic rings. The van der Waals surface area contributed by atoms with Gasteiger partial charge in [-0.25, -0.2) is 84.7 Å². The molecule has 0 aliphatic carbocycles. The third-order valence-corrected chi connectivity index (χ3v) is 38.8. The number of aromatic nitrogens is 17. The van der Waals surface area contributed by atoms with Gasteiger partial charge in [-0.15, -0.1) is 0 Å². The van der Waals surface area contributed by atoms with Gasteiger partial charge in [0, 0.05) is 139 Å². The summed E-state index contributed by atoms with van der Waals surface area (Å²) in [6.45, 7) is 41.4. The minimum atomic E-state index is 0.248. The molecular weight excluding hydrogens is 2120 g/mol. The van der Waals surface area contributed by atoms with E-state index in [1.807, 2.05) is 85.8 Å². The first-order chi connectivity index (χ1) is 71.9. The number of nitrogen functional groups attached to an aromatic ring is 6. The van der Waals surface area contributed by atoms with Gasteiger partial charge >= 0.3 is 0 Å². The maximum absolute atomic E-state index is 6.23. The Balaban J connectivity index is 0.000000150. The Hall–Kier alpha value is -9.19. The van der Waals surface area contributed by atoms with Crippen molar-refractivity contribution >= 4 is 210 Å². The standard InChI is InChI=1S/C19H27ClN6S.2C19H26ClN5S.C18H23ClN4S.C16H21ClN6S.C16H20ClN5S/c1-13(2)9-19(12-21)4-7-26(8-5-19)15-10-25-16(11-24-15)27-14-3-6-23-18(22)17(14)20;1-4-19(13(2)3)6-9-25(10-7-19)15-11-24-16(12-23-15)26-14-5-8-22-18(21)17(14)20;1-3-6-19(4-2)7-10-25(11-8-19)15-12-24-16(13-23-15)26-14-5-9-22-18(21)17(14)20;1-3-18(2)7-9-23(10-8-18)15-11-22-16(12-21-15)24-14-6-4-5-13(20)17(14)19;1-16(10-18)3-6-23(7-4-16)12-8-22-13(9-21-12)24-11-2-5-20-15(19)14(11)17;1-16(2)4-7-22(8-5-16)12-9-21-13(10-20-12)23-11-3-6-19-15(18)14(11)17/h3,6,10-11,13H,4-5,7-9,12,21H2,1-2H3,(H2,22,23);5,8,11-13H,4,6-7,9-10H2,1-3H3,(H2,21,22);5,9,12-13H,3-4,6-8,10-11H2,1-2H3,(H2,21,22);4-6,11-12H,3,7-10,20H2,1-2H3;2,5,8-9H,3-4,6-7,10,18H2,1H3,(H2,19,20);3,6,9-10H,4-5,7-8H2,1-2H3,(H2,18,19). The Morgan fingerprint density at radius 3 is 0.800 bits per heavy atom. The van der Waals surface area contributed by atoms with Crippen molar-refractivity contribution in [3.63, 3.8) is 0 Å². The van der Waals surface area contributed by atoms with E-state index in [0.717, 1.165) is 218 Å². The molecule has 12 aromatic rings. The minimum absolute atomic E-state index is 0.248. The zero-order valence-electron chi connectivity index (χ0n) is 87.8. The predicted molar refractivity (Wildman–Crippen MR) is 625 cm³/mol. The lowest BCUT2D eigenvalue weighted by Gasteiger charge is -2.44. The van der Waals surface area contributed by atoms with Crippen LogP contribution in [0.4, 0.5) is 69.7 Å². The largest absolute Gasteiger partial charge is 0.397 e. The molecule has 0 spiro atoms. The van der Waals surface area contributed by atoms with Crippen molar-refractivity contribution in [1.29, 1.82) is 0 Å². The molecule has 0 unspecified atom stereocenters. The second-order valence-corrected chi connectivity index (χ2v) is 49.8. The Morgan fingerprint density at radius 2 is 0.560 bits per heavy atom. The first-order valence-corrected chi connectivity index (χ1v) is 58.5. The van der Waals surface area contributed by atoms with E-state index in [1.54, 1.807) is 68.0 Å². The lowest BCUT2D eigenvalue weighted by atomic mass is 9.68. The van der Waals surface area contributed by atoms with Crippen molar-refractivity contribution in [1.82, 2.24) is 84.7 Å². The van der Waals surface area contributed by atoms with Gasteiger partial charge in [0.25, 0.3) is 0 Å². The summed E-state index contributed by atoms with van der Waals surface area (Å²) in [4.78, 5) is 93.5. The van der Waals surface area contributed by atoms with Crippen molar-refractivity contribution in [2.75, 3.05) is 155 Å². The average Bonchev–Trinajstić information content (AvgIpc) is 0.832. The molecule has 150 heavy (non-hydrogen) atoms. The number of nitrogens with two attached hydrogens (primary N) is 8. The number of halogens is 6. The van der Waals surface area contributed by atoms with Crippen LogP contribution in [0.25, 0.3) is 0 Å². The highest BCUT2D eigenvalue weighted by molar-refractivity contribution is 8.00. The monoisotopic (exact) mass is 2260 g/mol. The second-order valence-electron chi connectivity index (χ2n) is 41.1. The number of nitrogens with zero attached hydrogens (tertiary/aromatic N) is 23. The molecule has 0 amide bonds. The minimum Gasteiger partial charge on any atom is -0.397 e. The van der Waals surface area contributed by atoms with Gasteiger partial charge in [-0.05, 0) is 190 Å². The normalized spacial score (nSPS) is 16.9. The lowest BCUT2D eigenvalue weighted by molar-refractivity contribution is 0.132. The van der Waals surface area contributed by atoms with Crippen LogP contribution in [0.2, 0.25) is 30.1 Å². The van der Waals surface area contributed by atoms with E-state index in [-0.39, 0.29) is 10.8 Å². The molecule has 0 atom stereocenters. The van der Waals surface area contributed by atoms with Gasteiger partial charge in [-0.1, -0.05) is 255 Å². The average molecular weight is 2270 g/mol. The summed E-state index contributed by atoms with van der Waals surface area (Å²) in [5.74, 6) is 8.64. The number of pyridine rings is 5. The lowest BCUT2D eigenvalue weighted by Crippen LogP contribution is -2.45. The first-order valence-electron chi connectivity index (χ1n) is 51.3. The van der Waals surface area contributed by atoms with Gasteiger partial charge in [-0.2, -0.15) is 0 Å². The van der Waals surface area contributed by atoms with Gasteiger partial charge in [0.15, 0.2) is 0 Å². The highest BCUT2D eigenvalue weighted by Crippen LogP contribution is 2.48. The molecule has 6 saturated heterocycles. The highest BCUT2D eigenvalue weighted by Gasteiger charge is 2.39. The third kappa shape index (κ3) is 32.5. The van der Waals surface area contributed by atoms with Crippen LogP contribution in [0, 0.1) is 44.3 Å². The molecule has 6 aliphatic heterocycles. The molecular formula is C107H143Cl6N31S6. The third-order valence-electron chi connectivity index (χ3n) is 29.9. The zero-order chi connectivity index (χ0) is 108. The fourth-order valence-electron chi connectivity index (χ4n) is 19.1. The van der Waals surface area contributed by atoms with Gasteiger partial charge in [0.05, 0.1) is 110 Å². The molecule has 17 heterocycles. The molecule has 6 fully saturated rings. The molecule has 0 radical (unpaired) electrons. The summed E-state index contributed by atoms with van der Waals surface area (Å²) in [6.07, 6.45) is 51.6. The second kappa shape index (κ2) is 55.3. The molecule has 804 valence electrons. The Kier molecular flexibility index (Phi) is 43.4.